The van der Waals surface area contributed by atoms with E-state index >= 15 is 0 Å². The minimum atomic E-state index is -0.520. The first-order chi connectivity index (χ1) is 31.2. The molecule has 0 unspecified atom stereocenters. The predicted molar refractivity (Wildman–Crippen MR) is 265 cm³/mol. The number of fused-ring (bicyclic) bond motifs is 3. The lowest BCUT2D eigenvalue weighted by molar-refractivity contribution is 0.443. The van der Waals surface area contributed by atoms with Crippen molar-refractivity contribution in [2.45, 2.75) is 50.4 Å². The Morgan fingerprint density at radius 3 is 1.62 bits per heavy atom. The van der Waals surface area contributed by atoms with Crippen LogP contribution in [0.3, 0.4) is 0 Å². The monoisotopic (exact) mass is 809 g/mol. The highest BCUT2D eigenvalue weighted by molar-refractivity contribution is 5.96. The van der Waals surface area contributed by atoms with Gasteiger partial charge in [0.2, 0.25) is 0 Å². The maximum atomic E-state index is 2.49. The second kappa shape index (κ2) is 16.6. The molecule has 304 valence electrons. The van der Waals surface area contributed by atoms with Crippen LogP contribution in [0, 0.1) is 6.92 Å². The molecule has 0 amide bonds. The molecule has 11 rings (SSSR count). The van der Waals surface area contributed by atoms with Gasteiger partial charge in [0.15, 0.2) is 0 Å². The topological polar surface area (TPSA) is 3.24 Å². The SMILES string of the molecule is Cc1cccc2c1-c1ccc(N(c3ccc(-c4ccc(C5CCCCC5)cc4)cc3)c3ccccc3-c3ccccc3-c3ccccc3)cc1C2(c1ccccc1)c1ccccc1. The average Bonchev–Trinajstić information content (AvgIpc) is 3.67. The zero-order valence-electron chi connectivity index (χ0n) is 35.9. The Morgan fingerprint density at radius 1 is 0.397 bits per heavy atom. The molecule has 2 aliphatic carbocycles. The molecule has 2 aliphatic rings. The Hall–Kier alpha value is -7.22. The first-order valence-corrected chi connectivity index (χ1v) is 22.8. The number of hydrogen-bond acceptors (Lipinski definition) is 1. The Morgan fingerprint density at radius 2 is 0.952 bits per heavy atom. The lowest BCUT2D eigenvalue weighted by atomic mass is 9.67. The van der Waals surface area contributed by atoms with E-state index in [0.29, 0.717) is 5.92 Å². The van der Waals surface area contributed by atoms with Crippen LogP contribution in [0.2, 0.25) is 0 Å². The smallest absolute Gasteiger partial charge is 0.0714 e. The fourth-order valence-electron chi connectivity index (χ4n) is 10.9. The van der Waals surface area contributed by atoms with Crippen molar-refractivity contribution in [3.8, 4) is 44.5 Å². The molecule has 0 atom stereocenters. The van der Waals surface area contributed by atoms with Crippen LogP contribution < -0.4 is 4.90 Å². The number of aryl methyl sites for hydroxylation is 1. The third-order valence-electron chi connectivity index (χ3n) is 13.9. The van der Waals surface area contributed by atoms with E-state index in [1.165, 1.54) is 110 Å². The molecule has 0 spiro atoms. The van der Waals surface area contributed by atoms with E-state index in [9.17, 15) is 0 Å². The minimum Gasteiger partial charge on any atom is -0.310 e. The molecule has 0 saturated heterocycles. The summed E-state index contributed by atoms with van der Waals surface area (Å²) in [4.78, 5) is 2.49. The van der Waals surface area contributed by atoms with Crippen LogP contribution in [0.15, 0.2) is 224 Å². The van der Waals surface area contributed by atoms with Gasteiger partial charge in [-0.1, -0.05) is 213 Å². The number of benzene rings is 9. The van der Waals surface area contributed by atoms with E-state index in [1.807, 2.05) is 0 Å². The molecular weight excluding hydrogens is 759 g/mol. The average molecular weight is 810 g/mol. The van der Waals surface area contributed by atoms with Gasteiger partial charge in [-0.15, -0.1) is 0 Å². The van der Waals surface area contributed by atoms with Crippen molar-refractivity contribution in [3.63, 3.8) is 0 Å². The van der Waals surface area contributed by atoms with Crippen molar-refractivity contribution >= 4 is 17.1 Å². The fraction of sp³-hybridized carbons (Fsp3) is 0.129. The summed E-state index contributed by atoms with van der Waals surface area (Å²) in [5, 5.41) is 0. The number of rotatable bonds is 9. The van der Waals surface area contributed by atoms with Gasteiger partial charge in [0.1, 0.15) is 0 Å². The quantitative estimate of drug-likeness (QED) is 0.140. The summed E-state index contributed by atoms with van der Waals surface area (Å²) in [7, 11) is 0. The lowest BCUT2D eigenvalue weighted by Gasteiger charge is -2.35. The molecule has 1 nitrogen and oxygen atoms in total. The number of hydrogen-bond donors (Lipinski definition) is 0. The zero-order valence-corrected chi connectivity index (χ0v) is 35.9. The number of para-hydroxylation sites is 1. The molecular formula is C62H51N. The van der Waals surface area contributed by atoms with E-state index in [2.05, 4.69) is 236 Å². The van der Waals surface area contributed by atoms with Gasteiger partial charge in [0, 0.05) is 16.9 Å². The Bertz CT molecular complexity index is 2970. The van der Waals surface area contributed by atoms with Gasteiger partial charge in [-0.05, 0) is 128 Å². The first-order valence-electron chi connectivity index (χ1n) is 22.8. The van der Waals surface area contributed by atoms with Crippen molar-refractivity contribution in [3.05, 3.63) is 258 Å². The highest BCUT2D eigenvalue weighted by Crippen LogP contribution is 2.58. The van der Waals surface area contributed by atoms with Gasteiger partial charge in [-0.2, -0.15) is 0 Å². The van der Waals surface area contributed by atoms with E-state index in [1.54, 1.807) is 0 Å². The van der Waals surface area contributed by atoms with Gasteiger partial charge in [0.05, 0.1) is 11.1 Å². The van der Waals surface area contributed by atoms with Crippen LogP contribution in [0.25, 0.3) is 44.5 Å². The van der Waals surface area contributed by atoms with Crippen molar-refractivity contribution < 1.29 is 0 Å². The fourth-order valence-corrected chi connectivity index (χ4v) is 10.9. The number of anilines is 3. The summed E-state index contributed by atoms with van der Waals surface area (Å²) in [6.07, 6.45) is 6.70. The molecule has 0 aliphatic heterocycles. The minimum absolute atomic E-state index is 0.520. The molecule has 0 heterocycles. The molecule has 63 heavy (non-hydrogen) atoms. The summed E-state index contributed by atoms with van der Waals surface area (Å²) in [6.45, 7) is 2.26. The van der Waals surface area contributed by atoms with E-state index < -0.39 is 5.41 Å². The summed E-state index contributed by atoms with van der Waals surface area (Å²) >= 11 is 0. The molecule has 1 heteroatoms. The molecule has 1 saturated carbocycles. The van der Waals surface area contributed by atoms with Crippen LogP contribution in [-0.2, 0) is 5.41 Å². The second-order valence-electron chi connectivity index (χ2n) is 17.5. The zero-order chi connectivity index (χ0) is 42.2. The highest BCUT2D eigenvalue weighted by atomic mass is 15.1. The summed E-state index contributed by atoms with van der Waals surface area (Å²) < 4.78 is 0. The number of nitrogens with zero attached hydrogens (tertiary/aromatic N) is 1. The van der Waals surface area contributed by atoms with Gasteiger partial charge in [0.25, 0.3) is 0 Å². The lowest BCUT2D eigenvalue weighted by Crippen LogP contribution is -2.28. The van der Waals surface area contributed by atoms with Crippen molar-refractivity contribution in [2.24, 2.45) is 0 Å². The first kappa shape index (κ1) is 38.7. The molecule has 0 bridgehead atoms. The molecule has 9 aromatic rings. The predicted octanol–water partition coefficient (Wildman–Crippen LogP) is 16.9. The molecule has 0 radical (unpaired) electrons. The van der Waals surface area contributed by atoms with Crippen molar-refractivity contribution in [1.82, 2.24) is 0 Å². The van der Waals surface area contributed by atoms with Crippen LogP contribution >= 0.6 is 0 Å². The van der Waals surface area contributed by atoms with E-state index in [4.69, 9.17) is 0 Å². The Labute approximate surface area is 373 Å². The van der Waals surface area contributed by atoms with Gasteiger partial charge in [-0.25, -0.2) is 0 Å². The van der Waals surface area contributed by atoms with Crippen LogP contribution in [-0.4, -0.2) is 0 Å². The molecule has 9 aromatic carbocycles. The van der Waals surface area contributed by atoms with E-state index in [0.717, 1.165) is 17.1 Å². The molecule has 0 N–H and O–H groups in total. The largest absolute Gasteiger partial charge is 0.310 e. The second-order valence-corrected chi connectivity index (χ2v) is 17.5. The third-order valence-corrected chi connectivity index (χ3v) is 13.9. The van der Waals surface area contributed by atoms with Gasteiger partial charge >= 0.3 is 0 Å². The van der Waals surface area contributed by atoms with Gasteiger partial charge in [-0.3, -0.25) is 0 Å². The third kappa shape index (κ3) is 6.80. The van der Waals surface area contributed by atoms with Crippen LogP contribution in [0.1, 0.15) is 71.4 Å². The normalized spacial score (nSPS) is 14.2. The Kier molecular flexibility index (Phi) is 10.2. The standard InChI is InChI=1S/C62H51N/c1-44-19-18-31-58-61(44)57-42-41-53(43-59(57)62(58,50-24-10-4-11-25-50)51-26-12-5-13-27-51)63(52-39-37-48(38-40-52)47-35-33-46(34-36-47)45-20-6-2-7-21-45)60-32-17-16-30-56(60)55-29-15-14-28-54(55)49-22-8-3-9-23-49/h3-5,8-19,22-43,45H,2,6-7,20-21H2,1H3. The summed E-state index contributed by atoms with van der Waals surface area (Å²) in [5.74, 6) is 0.697. The van der Waals surface area contributed by atoms with Crippen molar-refractivity contribution in [2.75, 3.05) is 4.90 Å². The maximum absolute atomic E-state index is 2.49. The summed E-state index contributed by atoms with van der Waals surface area (Å²) in [6, 6.07) is 83.6. The van der Waals surface area contributed by atoms with Crippen LogP contribution in [0.4, 0.5) is 17.1 Å². The van der Waals surface area contributed by atoms with Gasteiger partial charge < -0.3 is 4.90 Å². The van der Waals surface area contributed by atoms with Crippen molar-refractivity contribution in [1.29, 1.82) is 0 Å². The van der Waals surface area contributed by atoms with Crippen LogP contribution in [0.5, 0.6) is 0 Å². The molecule has 0 aromatic heterocycles. The Balaban J connectivity index is 1.12. The molecule has 1 fully saturated rings. The van der Waals surface area contributed by atoms with E-state index in [-0.39, 0.29) is 0 Å². The highest BCUT2D eigenvalue weighted by Gasteiger charge is 2.47. The maximum Gasteiger partial charge on any atom is 0.0714 e. The summed E-state index contributed by atoms with van der Waals surface area (Å²) in [5.41, 5.74) is 20.7.